The number of halogens is 1. The van der Waals surface area contributed by atoms with Crippen LogP contribution in [0.15, 0.2) is 54.6 Å². The van der Waals surface area contributed by atoms with Gasteiger partial charge in [-0.25, -0.2) is 9.07 Å². The molecular formula is C20H22FN3O. The zero-order valence-corrected chi connectivity index (χ0v) is 14.5. The van der Waals surface area contributed by atoms with E-state index in [0.717, 1.165) is 11.3 Å². The molecule has 0 bridgehead atoms. The van der Waals surface area contributed by atoms with Crippen LogP contribution >= 0.6 is 0 Å². The first-order valence-corrected chi connectivity index (χ1v) is 8.29. The van der Waals surface area contributed by atoms with Crippen molar-refractivity contribution in [3.8, 4) is 5.88 Å². The molecule has 0 aliphatic rings. The average molecular weight is 339 g/mol. The van der Waals surface area contributed by atoms with E-state index in [9.17, 15) is 4.39 Å². The van der Waals surface area contributed by atoms with Gasteiger partial charge in [-0.15, -0.1) is 0 Å². The van der Waals surface area contributed by atoms with E-state index in [1.165, 1.54) is 11.6 Å². The minimum absolute atomic E-state index is 0.172. The zero-order valence-electron chi connectivity index (χ0n) is 14.5. The molecule has 0 amide bonds. The minimum atomic E-state index is -0.262. The van der Waals surface area contributed by atoms with Gasteiger partial charge in [0.15, 0.2) is 0 Å². The van der Waals surface area contributed by atoms with Crippen molar-refractivity contribution in [1.82, 2.24) is 15.1 Å². The van der Waals surface area contributed by atoms with Gasteiger partial charge >= 0.3 is 0 Å². The first kappa shape index (κ1) is 17.2. The lowest BCUT2D eigenvalue weighted by molar-refractivity contribution is 0.270. The molecule has 3 aromatic rings. The van der Waals surface area contributed by atoms with E-state index in [0.29, 0.717) is 24.5 Å². The van der Waals surface area contributed by atoms with Crippen LogP contribution < -0.4 is 10.1 Å². The van der Waals surface area contributed by atoms with Gasteiger partial charge in [-0.2, -0.15) is 5.10 Å². The molecule has 0 atom stereocenters. The van der Waals surface area contributed by atoms with Crippen LogP contribution in [0.1, 0.15) is 22.4 Å². The van der Waals surface area contributed by atoms with Crippen LogP contribution in [0.4, 0.5) is 4.39 Å². The van der Waals surface area contributed by atoms with Crippen LogP contribution in [-0.2, 0) is 19.7 Å². The third kappa shape index (κ3) is 4.45. The highest BCUT2D eigenvalue weighted by Crippen LogP contribution is 2.19. The fraction of sp³-hybridized carbons (Fsp3) is 0.250. The molecule has 0 aliphatic heterocycles. The predicted molar refractivity (Wildman–Crippen MR) is 96.0 cm³/mol. The van der Waals surface area contributed by atoms with E-state index in [4.69, 9.17) is 4.74 Å². The molecule has 5 heteroatoms. The minimum Gasteiger partial charge on any atom is -0.473 e. The molecule has 0 radical (unpaired) electrons. The standard InChI is InChI=1S/C20H22FN3O/c1-15-7-9-16(10-8-15)13-24-20(11-18(23-24)12-22-2)25-14-17-5-3-4-6-19(17)21/h3-11,22H,12-14H2,1-2H3. The second kappa shape index (κ2) is 7.94. The summed E-state index contributed by atoms with van der Waals surface area (Å²) in [5.41, 5.74) is 3.77. The average Bonchev–Trinajstić information content (AvgIpc) is 2.98. The predicted octanol–water partition coefficient (Wildman–Crippen LogP) is 3.68. The molecule has 0 aliphatic carbocycles. The molecule has 25 heavy (non-hydrogen) atoms. The largest absolute Gasteiger partial charge is 0.473 e. The Labute approximate surface area is 147 Å². The number of nitrogens with one attached hydrogen (secondary N) is 1. The van der Waals surface area contributed by atoms with E-state index in [1.54, 1.807) is 18.2 Å². The van der Waals surface area contributed by atoms with Crippen molar-refractivity contribution in [3.05, 3.63) is 82.8 Å². The molecule has 4 nitrogen and oxygen atoms in total. The maximum absolute atomic E-state index is 13.8. The number of rotatable bonds is 7. The molecule has 0 spiro atoms. The van der Waals surface area contributed by atoms with Gasteiger partial charge in [0.1, 0.15) is 12.4 Å². The Balaban J connectivity index is 1.79. The highest BCUT2D eigenvalue weighted by molar-refractivity contribution is 5.24. The normalized spacial score (nSPS) is 10.8. The van der Waals surface area contributed by atoms with E-state index in [2.05, 4.69) is 41.6 Å². The zero-order chi connectivity index (χ0) is 17.6. The number of aromatic nitrogens is 2. The van der Waals surface area contributed by atoms with Gasteiger partial charge in [-0.05, 0) is 25.6 Å². The van der Waals surface area contributed by atoms with Gasteiger partial charge < -0.3 is 10.1 Å². The van der Waals surface area contributed by atoms with Crippen molar-refractivity contribution in [1.29, 1.82) is 0 Å². The maximum atomic E-state index is 13.8. The molecule has 1 N–H and O–H groups in total. The summed E-state index contributed by atoms with van der Waals surface area (Å²) in [6.45, 7) is 3.49. The third-order valence-corrected chi connectivity index (χ3v) is 3.94. The maximum Gasteiger partial charge on any atom is 0.212 e. The summed E-state index contributed by atoms with van der Waals surface area (Å²) in [4.78, 5) is 0. The highest BCUT2D eigenvalue weighted by atomic mass is 19.1. The molecule has 0 saturated carbocycles. The third-order valence-electron chi connectivity index (χ3n) is 3.94. The van der Waals surface area contributed by atoms with Crippen molar-refractivity contribution >= 4 is 0 Å². The summed E-state index contributed by atoms with van der Waals surface area (Å²) in [5.74, 6) is 0.372. The molecule has 0 fully saturated rings. The van der Waals surface area contributed by atoms with E-state index >= 15 is 0 Å². The summed E-state index contributed by atoms with van der Waals surface area (Å²) in [5, 5.41) is 7.68. The lowest BCUT2D eigenvalue weighted by atomic mass is 10.1. The van der Waals surface area contributed by atoms with Gasteiger partial charge in [0.25, 0.3) is 0 Å². The van der Waals surface area contributed by atoms with Crippen LogP contribution in [0, 0.1) is 12.7 Å². The van der Waals surface area contributed by atoms with Crippen molar-refractivity contribution in [2.45, 2.75) is 26.6 Å². The smallest absolute Gasteiger partial charge is 0.212 e. The summed E-state index contributed by atoms with van der Waals surface area (Å²) >= 11 is 0. The Hall–Kier alpha value is -2.66. The fourth-order valence-corrected chi connectivity index (χ4v) is 2.58. The van der Waals surface area contributed by atoms with Crippen LogP contribution in [0.5, 0.6) is 5.88 Å². The highest BCUT2D eigenvalue weighted by Gasteiger charge is 2.11. The van der Waals surface area contributed by atoms with Gasteiger partial charge in [0, 0.05) is 18.2 Å². The van der Waals surface area contributed by atoms with Crippen molar-refractivity contribution < 1.29 is 9.13 Å². The Kier molecular flexibility index (Phi) is 5.46. The summed E-state index contributed by atoms with van der Waals surface area (Å²) in [6, 6.07) is 16.8. The molecule has 1 heterocycles. The Morgan fingerprint density at radius 3 is 2.60 bits per heavy atom. The van der Waals surface area contributed by atoms with Crippen LogP contribution in [0.3, 0.4) is 0 Å². The summed E-state index contributed by atoms with van der Waals surface area (Å²) < 4.78 is 21.5. The monoisotopic (exact) mass is 339 g/mol. The number of ether oxygens (including phenoxy) is 1. The first-order chi connectivity index (χ1) is 12.2. The van der Waals surface area contributed by atoms with E-state index in [1.807, 2.05) is 17.8 Å². The second-order valence-electron chi connectivity index (χ2n) is 6.03. The topological polar surface area (TPSA) is 39.1 Å². The van der Waals surface area contributed by atoms with E-state index < -0.39 is 0 Å². The number of benzene rings is 2. The van der Waals surface area contributed by atoms with Crippen molar-refractivity contribution in [2.75, 3.05) is 7.05 Å². The lowest BCUT2D eigenvalue weighted by Crippen LogP contribution is -2.09. The second-order valence-corrected chi connectivity index (χ2v) is 6.03. The molecule has 130 valence electrons. The van der Waals surface area contributed by atoms with Crippen LogP contribution in [0.2, 0.25) is 0 Å². The fourth-order valence-electron chi connectivity index (χ4n) is 2.58. The summed E-state index contributed by atoms with van der Waals surface area (Å²) in [7, 11) is 1.87. The molecule has 0 unspecified atom stereocenters. The lowest BCUT2D eigenvalue weighted by Gasteiger charge is -2.10. The van der Waals surface area contributed by atoms with Gasteiger partial charge in [-0.3, -0.25) is 0 Å². The number of aryl methyl sites for hydroxylation is 1. The summed E-state index contributed by atoms with van der Waals surface area (Å²) in [6.07, 6.45) is 0. The van der Waals surface area contributed by atoms with Crippen molar-refractivity contribution in [3.63, 3.8) is 0 Å². The first-order valence-electron chi connectivity index (χ1n) is 8.29. The Morgan fingerprint density at radius 1 is 1.12 bits per heavy atom. The van der Waals surface area contributed by atoms with E-state index in [-0.39, 0.29) is 12.4 Å². The SMILES string of the molecule is CNCc1cc(OCc2ccccc2F)n(Cc2ccc(C)cc2)n1. The van der Waals surface area contributed by atoms with Crippen LogP contribution in [0.25, 0.3) is 0 Å². The molecule has 2 aromatic carbocycles. The van der Waals surface area contributed by atoms with Gasteiger partial charge in [0.05, 0.1) is 12.2 Å². The molecule has 1 aromatic heterocycles. The Bertz CT molecular complexity index is 827. The van der Waals surface area contributed by atoms with Gasteiger partial charge in [0.2, 0.25) is 5.88 Å². The molecule has 3 rings (SSSR count). The van der Waals surface area contributed by atoms with Crippen molar-refractivity contribution in [2.24, 2.45) is 0 Å². The van der Waals surface area contributed by atoms with Gasteiger partial charge in [-0.1, -0.05) is 48.0 Å². The number of hydrogen-bond donors (Lipinski definition) is 1. The van der Waals surface area contributed by atoms with Crippen LogP contribution in [-0.4, -0.2) is 16.8 Å². The Morgan fingerprint density at radius 2 is 1.88 bits per heavy atom. The quantitative estimate of drug-likeness (QED) is 0.714. The molecular weight excluding hydrogens is 317 g/mol. The number of nitrogens with zero attached hydrogens (tertiary/aromatic N) is 2. The number of hydrogen-bond acceptors (Lipinski definition) is 3. The molecule has 0 saturated heterocycles.